The van der Waals surface area contributed by atoms with Crippen LogP contribution >= 0.6 is 0 Å². The molecule has 0 unspecified atom stereocenters. The van der Waals surface area contributed by atoms with Crippen LogP contribution in [-0.4, -0.2) is 29.9 Å². The molecule has 1 aromatic carbocycles. The maximum atomic E-state index is 11.9. The molecule has 120 valence electrons. The van der Waals surface area contributed by atoms with E-state index >= 15 is 0 Å². The van der Waals surface area contributed by atoms with Crippen molar-refractivity contribution in [3.8, 4) is 0 Å². The van der Waals surface area contributed by atoms with E-state index in [0.29, 0.717) is 19.0 Å². The number of benzene rings is 1. The molecular formula is C17H21N5O. The van der Waals surface area contributed by atoms with Gasteiger partial charge in [-0.25, -0.2) is 4.99 Å². The van der Waals surface area contributed by atoms with Crippen molar-refractivity contribution in [2.75, 3.05) is 18.4 Å². The van der Waals surface area contributed by atoms with Crippen LogP contribution in [-0.2, 0) is 11.3 Å². The SMILES string of the molecule is CCNC(=NCc1ccccn1)NCC(=O)Nc1ccccc1. The Morgan fingerprint density at radius 1 is 1.09 bits per heavy atom. The topological polar surface area (TPSA) is 78.4 Å². The number of hydrogen-bond acceptors (Lipinski definition) is 3. The highest BCUT2D eigenvalue weighted by molar-refractivity contribution is 5.94. The Kier molecular flexibility index (Phi) is 6.59. The summed E-state index contributed by atoms with van der Waals surface area (Å²) in [6, 6.07) is 15.0. The molecule has 23 heavy (non-hydrogen) atoms. The van der Waals surface area contributed by atoms with Gasteiger partial charge in [0, 0.05) is 18.4 Å². The lowest BCUT2D eigenvalue weighted by molar-refractivity contribution is -0.115. The van der Waals surface area contributed by atoms with Gasteiger partial charge in [-0.3, -0.25) is 9.78 Å². The molecule has 0 atom stereocenters. The number of nitrogens with one attached hydrogen (secondary N) is 3. The Hall–Kier alpha value is -2.89. The van der Waals surface area contributed by atoms with Crippen molar-refractivity contribution in [3.63, 3.8) is 0 Å². The highest BCUT2D eigenvalue weighted by Gasteiger charge is 2.04. The van der Waals surface area contributed by atoms with Crippen LogP contribution < -0.4 is 16.0 Å². The molecule has 0 aliphatic heterocycles. The number of carbonyl (C=O) groups excluding carboxylic acids is 1. The summed E-state index contributed by atoms with van der Waals surface area (Å²) in [5, 5.41) is 8.93. The molecule has 6 heteroatoms. The molecule has 3 N–H and O–H groups in total. The Morgan fingerprint density at radius 3 is 2.57 bits per heavy atom. The van der Waals surface area contributed by atoms with E-state index in [1.807, 2.05) is 55.5 Å². The number of nitrogens with zero attached hydrogens (tertiary/aromatic N) is 2. The van der Waals surface area contributed by atoms with Crippen LogP contribution in [0.1, 0.15) is 12.6 Å². The zero-order chi connectivity index (χ0) is 16.3. The number of aromatic nitrogens is 1. The lowest BCUT2D eigenvalue weighted by atomic mass is 10.3. The Balaban J connectivity index is 1.85. The van der Waals surface area contributed by atoms with Crippen molar-refractivity contribution < 1.29 is 4.79 Å². The van der Waals surface area contributed by atoms with Crippen LogP contribution in [0.5, 0.6) is 0 Å². The molecule has 0 saturated heterocycles. The van der Waals surface area contributed by atoms with Gasteiger partial charge in [-0.1, -0.05) is 24.3 Å². The Bertz CT molecular complexity index is 628. The average Bonchev–Trinajstić information content (AvgIpc) is 2.59. The van der Waals surface area contributed by atoms with E-state index in [-0.39, 0.29) is 12.5 Å². The van der Waals surface area contributed by atoms with Gasteiger partial charge >= 0.3 is 0 Å². The molecule has 0 spiro atoms. The molecule has 2 aromatic rings. The van der Waals surface area contributed by atoms with Crippen molar-refractivity contribution in [3.05, 3.63) is 60.4 Å². The molecule has 0 aliphatic rings. The first-order chi connectivity index (χ1) is 11.3. The van der Waals surface area contributed by atoms with Gasteiger partial charge in [-0.15, -0.1) is 0 Å². The zero-order valence-electron chi connectivity index (χ0n) is 13.1. The predicted molar refractivity (Wildman–Crippen MR) is 92.1 cm³/mol. The van der Waals surface area contributed by atoms with Crippen molar-refractivity contribution in [1.82, 2.24) is 15.6 Å². The van der Waals surface area contributed by atoms with E-state index in [9.17, 15) is 4.79 Å². The quantitative estimate of drug-likeness (QED) is 0.561. The maximum absolute atomic E-state index is 11.9. The van der Waals surface area contributed by atoms with Crippen molar-refractivity contribution >= 4 is 17.6 Å². The molecule has 0 fully saturated rings. The minimum atomic E-state index is -0.125. The summed E-state index contributed by atoms with van der Waals surface area (Å²) < 4.78 is 0. The van der Waals surface area contributed by atoms with Crippen molar-refractivity contribution in [2.24, 2.45) is 4.99 Å². The van der Waals surface area contributed by atoms with Crippen molar-refractivity contribution in [2.45, 2.75) is 13.5 Å². The Morgan fingerprint density at radius 2 is 1.87 bits per heavy atom. The van der Waals surface area contributed by atoms with Gasteiger partial charge in [-0.05, 0) is 31.2 Å². The van der Waals surface area contributed by atoms with Crippen LogP contribution in [0.15, 0.2) is 59.7 Å². The van der Waals surface area contributed by atoms with Gasteiger partial charge in [0.25, 0.3) is 0 Å². The zero-order valence-corrected chi connectivity index (χ0v) is 13.1. The third kappa shape index (κ3) is 6.17. The molecule has 0 radical (unpaired) electrons. The second-order valence-corrected chi connectivity index (χ2v) is 4.78. The highest BCUT2D eigenvalue weighted by atomic mass is 16.1. The fourth-order valence-corrected chi connectivity index (χ4v) is 1.88. The highest BCUT2D eigenvalue weighted by Crippen LogP contribution is 2.03. The minimum Gasteiger partial charge on any atom is -0.357 e. The summed E-state index contributed by atoms with van der Waals surface area (Å²) in [7, 11) is 0. The normalized spacial score (nSPS) is 10.9. The fraction of sp³-hybridized carbons (Fsp3) is 0.235. The summed E-state index contributed by atoms with van der Waals surface area (Å²) in [6.45, 7) is 3.29. The van der Waals surface area contributed by atoms with E-state index in [4.69, 9.17) is 0 Å². The number of anilines is 1. The van der Waals surface area contributed by atoms with Crippen LogP contribution in [0.2, 0.25) is 0 Å². The first-order valence-corrected chi connectivity index (χ1v) is 7.55. The van der Waals surface area contributed by atoms with Gasteiger partial charge in [0.2, 0.25) is 5.91 Å². The van der Waals surface area contributed by atoms with E-state index < -0.39 is 0 Å². The van der Waals surface area contributed by atoms with Gasteiger partial charge in [0.05, 0.1) is 18.8 Å². The number of pyridine rings is 1. The third-order valence-electron chi connectivity index (χ3n) is 2.94. The first-order valence-electron chi connectivity index (χ1n) is 7.55. The van der Waals surface area contributed by atoms with Crippen LogP contribution in [0.3, 0.4) is 0 Å². The maximum Gasteiger partial charge on any atom is 0.243 e. The first kappa shape index (κ1) is 16.5. The summed E-state index contributed by atoms with van der Waals surface area (Å²) in [5.74, 6) is 0.459. The predicted octanol–water partition coefficient (Wildman–Crippen LogP) is 1.78. The number of amides is 1. The molecule has 1 aromatic heterocycles. The van der Waals surface area contributed by atoms with Crippen LogP contribution in [0.4, 0.5) is 5.69 Å². The van der Waals surface area contributed by atoms with Crippen LogP contribution in [0, 0.1) is 0 Å². The number of hydrogen-bond donors (Lipinski definition) is 3. The number of aliphatic imine (C=N–C) groups is 1. The molecular weight excluding hydrogens is 290 g/mol. The minimum absolute atomic E-state index is 0.125. The van der Waals surface area contributed by atoms with Gasteiger partial charge in [0.1, 0.15) is 0 Å². The van der Waals surface area contributed by atoms with Gasteiger partial charge < -0.3 is 16.0 Å². The number of rotatable bonds is 6. The largest absolute Gasteiger partial charge is 0.357 e. The number of carbonyl (C=O) groups is 1. The standard InChI is InChI=1S/C17H21N5O/c1-2-18-17(20-12-15-10-6-7-11-19-15)21-13-16(23)22-14-8-4-3-5-9-14/h3-11H,2,12-13H2,1H3,(H,22,23)(H2,18,20,21). The smallest absolute Gasteiger partial charge is 0.243 e. The molecule has 0 saturated carbocycles. The van der Waals surface area contributed by atoms with Gasteiger partial charge in [-0.2, -0.15) is 0 Å². The molecule has 2 rings (SSSR count). The average molecular weight is 311 g/mol. The Labute approximate surface area is 136 Å². The summed E-state index contributed by atoms with van der Waals surface area (Å²) in [4.78, 5) is 20.6. The fourth-order valence-electron chi connectivity index (χ4n) is 1.88. The summed E-state index contributed by atoms with van der Waals surface area (Å²) in [5.41, 5.74) is 1.65. The van der Waals surface area contributed by atoms with Crippen molar-refractivity contribution in [1.29, 1.82) is 0 Å². The van der Waals surface area contributed by atoms with E-state index in [0.717, 1.165) is 11.4 Å². The van der Waals surface area contributed by atoms with E-state index in [1.54, 1.807) is 6.20 Å². The van der Waals surface area contributed by atoms with Crippen LogP contribution in [0.25, 0.3) is 0 Å². The number of guanidine groups is 1. The van der Waals surface area contributed by atoms with Gasteiger partial charge in [0.15, 0.2) is 5.96 Å². The number of para-hydroxylation sites is 1. The lowest BCUT2D eigenvalue weighted by Crippen LogP contribution is -2.41. The molecule has 0 bridgehead atoms. The lowest BCUT2D eigenvalue weighted by Gasteiger charge is -2.11. The second kappa shape index (κ2) is 9.19. The molecule has 6 nitrogen and oxygen atoms in total. The third-order valence-corrected chi connectivity index (χ3v) is 2.94. The van der Waals surface area contributed by atoms with E-state index in [2.05, 4.69) is 25.9 Å². The monoisotopic (exact) mass is 311 g/mol. The summed E-state index contributed by atoms with van der Waals surface area (Å²) >= 11 is 0. The molecule has 1 amide bonds. The molecule has 1 heterocycles. The molecule has 0 aliphatic carbocycles. The second-order valence-electron chi connectivity index (χ2n) is 4.78. The van der Waals surface area contributed by atoms with E-state index in [1.165, 1.54) is 0 Å². The summed E-state index contributed by atoms with van der Waals surface area (Å²) in [6.07, 6.45) is 1.73.